The largest absolute Gasteiger partial charge is 0.377 e. The van der Waals surface area contributed by atoms with E-state index in [2.05, 4.69) is 36.1 Å². The zero-order valence-corrected chi connectivity index (χ0v) is 13.9. The first kappa shape index (κ1) is 17.6. The average molecular weight is 335 g/mol. The zero-order valence-electron chi connectivity index (χ0n) is 13.1. The summed E-state index contributed by atoms with van der Waals surface area (Å²) in [7, 11) is -3.67. The van der Waals surface area contributed by atoms with Crippen molar-refractivity contribution in [1.82, 2.24) is 4.90 Å². The number of benzene rings is 2. The highest BCUT2D eigenvalue weighted by Gasteiger charge is 2.47. The van der Waals surface area contributed by atoms with Crippen molar-refractivity contribution in [2.45, 2.75) is 25.2 Å². The quantitative estimate of drug-likeness (QED) is 0.665. The number of rotatable bonds is 3. The molecule has 3 atom stereocenters. The molecule has 3 unspecified atom stereocenters. The Hall–Kier alpha value is -1.73. The van der Waals surface area contributed by atoms with Crippen LogP contribution in [0, 0.1) is 0 Å². The van der Waals surface area contributed by atoms with Crippen LogP contribution in [0.3, 0.4) is 0 Å². The Morgan fingerprint density at radius 3 is 1.52 bits per heavy atom. The van der Waals surface area contributed by atoms with Crippen molar-refractivity contribution in [3.63, 3.8) is 0 Å². The Morgan fingerprint density at radius 2 is 1.26 bits per heavy atom. The number of aliphatic hydroxyl groups excluding tert-OH is 1. The summed E-state index contributed by atoms with van der Waals surface area (Å²) < 4.78 is 25.9. The zero-order chi connectivity index (χ0) is 17.0. The number of hydrogen-bond acceptors (Lipinski definition) is 4. The van der Waals surface area contributed by atoms with Gasteiger partial charge in [0.2, 0.25) is 0 Å². The third-order valence-electron chi connectivity index (χ3n) is 3.65. The average Bonchev–Trinajstić information content (AvgIpc) is 3.07. The van der Waals surface area contributed by atoms with E-state index >= 15 is 0 Å². The van der Waals surface area contributed by atoms with Crippen LogP contribution in [0.5, 0.6) is 0 Å². The van der Waals surface area contributed by atoms with Crippen LogP contribution in [-0.4, -0.2) is 41.5 Å². The van der Waals surface area contributed by atoms with Crippen molar-refractivity contribution in [3.8, 4) is 0 Å². The number of nitrogens with zero attached hydrogens (tertiary/aromatic N) is 1. The summed E-state index contributed by atoms with van der Waals surface area (Å²) in [5.41, 5.74) is 2.46. The molecule has 5 nitrogen and oxygen atoms in total. The maximum absolute atomic E-state index is 9.91. The lowest BCUT2D eigenvalue weighted by atomic mass is 9.99. The van der Waals surface area contributed by atoms with Crippen LogP contribution in [0.2, 0.25) is 0 Å². The molecule has 1 fully saturated rings. The lowest BCUT2D eigenvalue weighted by Crippen LogP contribution is -2.14. The molecule has 3 rings (SSSR count). The Morgan fingerprint density at radius 1 is 0.957 bits per heavy atom. The minimum Gasteiger partial charge on any atom is -0.377 e. The van der Waals surface area contributed by atoms with E-state index < -0.39 is 10.1 Å². The lowest BCUT2D eigenvalue weighted by Gasteiger charge is -2.20. The van der Waals surface area contributed by atoms with Crippen LogP contribution in [0.1, 0.15) is 24.1 Å². The van der Waals surface area contributed by atoms with Crippen molar-refractivity contribution >= 4 is 10.1 Å². The summed E-state index contributed by atoms with van der Waals surface area (Å²) in [5, 5.41) is 9.91. The smallest absolute Gasteiger partial charge is 0.261 e. The molecule has 2 aromatic rings. The molecule has 1 heterocycles. The van der Waals surface area contributed by atoms with Crippen molar-refractivity contribution in [1.29, 1.82) is 0 Å². The molecule has 0 radical (unpaired) electrons. The minimum atomic E-state index is -3.67. The molecule has 1 saturated heterocycles. The second-order valence-corrected chi connectivity index (χ2v) is 7.02. The van der Waals surface area contributed by atoms with Crippen LogP contribution < -0.4 is 0 Å². The molecule has 0 aromatic heterocycles. The molecule has 0 spiro atoms. The number of aliphatic hydroxyl groups is 1. The van der Waals surface area contributed by atoms with Crippen molar-refractivity contribution in [2.24, 2.45) is 0 Å². The van der Waals surface area contributed by atoms with Crippen molar-refractivity contribution in [2.75, 3.05) is 6.26 Å². The molecular formula is C17H21NO4S. The van der Waals surface area contributed by atoms with E-state index in [1.54, 1.807) is 0 Å². The second-order valence-electron chi connectivity index (χ2n) is 5.56. The number of hydrogen-bond donors (Lipinski definition) is 2. The highest BCUT2D eigenvalue weighted by molar-refractivity contribution is 7.85. The van der Waals surface area contributed by atoms with Crippen LogP contribution in [-0.2, 0) is 10.1 Å². The van der Waals surface area contributed by atoms with E-state index in [1.807, 2.05) is 36.4 Å². The van der Waals surface area contributed by atoms with E-state index in [0.29, 0.717) is 6.26 Å². The van der Waals surface area contributed by atoms with E-state index in [4.69, 9.17) is 4.55 Å². The fourth-order valence-corrected chi connectivity index (χ4v) is 2.55. The van der Waals surface area contributed by atoms with Gasteiger partial charge >= 0.3 is 0 Å². The fourth-order valence-electron chi connectivity index (χ4n) is 2.55. The van der Waals surface area contributed by atoms with Gasteiger partial charge in [0.1, 0.15) is 6.23 Å². The molecule has 0 bridgehead atoms. The molecule has 2 aromatic carbocycles. The van der Waals surface area contributed by atoms with Crippen LogP contribution in [0.15, 0.2) is 60.7 Å². The van der Waals surface area contributed by atoms with Gasteiger partial charge in [0.15, 0.2) is 0 Å². The summed E-state index contributed by atoms with van der Waals surface area (Å²) in [5.74, 6) is 0. The Balaban J connectivity index is 0.000000338. The van der Waals surface area contributed by atoms with Gasteiger partial charge in [-0.3, -0.25) is 9.45 Å². The third kappa shape index (κ3) is 5.14. The van der Waals surface area contributed by atoms with Crippen LogP contribution >= 0.6 is 0 Å². The summed E-state index contributed by atoms with van der Waals surface area (Å²) in [6.45, 7) is 2.06. The first-order valence-corrected chi connectivity index (χ1v) is 9.11. The fraction of sp³-hybridized carbons (Fsp3) is 0.294. The Labute approximate surface area is 136 Å². The minimum absolute atomic E-state index is 0.150. The van der Waals surface area contributed by atoms with Gasteiger partial charge in [-0.05, 0) is 18.1 Å². The van der Waals surface area contributed by atoms with Gasteiger partial charge in [0.25, 0.3) is 10.1 Å². The molecule has 0 aliphatic carbocycles. The Kier molecular flexibility index (Phi) is 5.54. The Bertz CT molecular complexity index is 663. The highest BCUT2D eigenvalue weighted by atomic mass is 32.2. The monoisotopic (exact) mass is 335 g/mol. The van der Waals surface area contributed by atoms with Gasteiger partial charge in [-0.2, -0.15) is 8.42 Å². The standard InChI is InChI=1S/C16H17NO.CH4O3S/c1-12-16(18)17(12)15(13-8-4-2-5-9-13)14-10-6-3-7-11-14;1-5(2,3)4/h2-12,15-16,18H,1H3;1H3,(H,2,3,4). The van der Waals surface area contributed by atoms with E-state index in [9.17, 15) is 13.5 Å². The van der Waals surface area contributed by atoms with Crippen LogP contribution in [0.25, 0.3) is 0 Å². The van der Waals surface area contributed by atoms with Crippen molar-refractivity contribution in [3.05, 3.63) is 71.8 Å². The molecule has 23 heavy (non-hydrogen) atoms. The predicted octanol–water partition coefficient (Wildman–Crippen LogP) is 2.30. The third-order valence-corrected chi connectivity index (χ3v) is 3.65. The molecule has 1 aliphatic rings. The molecule has 2 N–H and O–H groups in total. The maximum Gasteiger partial charge on any atom is 0.261 e. The van der Waals surface area contributed by atoms with Crippen molar-refractivity contribution < 1.29 is 18.1 Å². The molecule has 0 saturated carbocycles. The maximum atomic E-state index is 9.91. The summed E-state index contributed by atoms with van der Waals surface area (Å²) in [4.78, 5) is 2.13. The lowest BCUT2D eigenvalue weighted by molar-refractivity contribution is 0.194. The van der Waals surface area contributed by atoms with Gasteiger partial charge in [-0.1, -0.05) is 60.7 Å². The van der Waals surface area contributed by atoms with E-state index in [-0.39, 0.29) is 18.3 Å². The topological polar surface area (TPSA) is 77.6 Å². The van der Waals surface area contributed by atoms with Crippen LogP contribution in [0.4, 0.5) is 0 Å². The normalized spacial score (nSPS) is 23.1. The van der Waals surface area contributed by atoms with Gasteiger partial charge in [-0.15, -0.1) is 0 Å². The summed E-state index contributed by atoms with van der Waals surface area (Å²) in [6.07, 6.45) is 0.392. The predicted molar refractivity (Wildman–Crippen MR) is 89.5 cm³/mol. The SMILES string of the molecule is CC1C(O)N1C(c1ccccc1)c1ccccc1.CS(=O)(=O)O. The molecule has 1 aliphatic heterocycles. The van der Waals surface area contributed by atoms with Gasteiger partial charge in [-0.25, -0.2) is 0 Å². The van der Waals surface area contributed by atoms with Gasteiger partial charge in [0, 0.05) is 6.04 Å². The molecule has 124 valence electrons. The first-order chi connectivity index (χ1) is 10.8. The molecule has 0 amide bonds. The van der Waals surface area contributed by atoms with Gasteiger partial charge in [0.05, 0.1) is 12.3 Å². The summed E-state index contributed by atoms with van der Waals surface area (Å²) in [6, 6.07) is 21.1. The highest BCUT2D eigenvalue weighted by Crippen LogP contribution is 2.40. The van der Waals surface area contributed by atoms with E-state index in [0.717, 1.165) is 0 Å². The first-order valence-electron chi connectivity index (χ1n) is 7.27. The molecule has 6 heteroatoms. The second kappa shape index (κ2) is 7.23. The van der Waals surface area contributed by atoms with E-state index in [1.165, 1.54) is 11.1 Å². The van der Waals surface area contributed by atoms with Gasteiger partial charge < -0.3 is 5.11 Å². The molecular weight excluding hydrogens is 314 g/mol. The summed E-state index contributed by atoms with van der Waals surface area (Å²) >= 11 is 0.